The van der Waals surface area contributed by atoms with Gasteiger partial charge in [0.1, 0.15) is 0 Å². The number of carboxylic acid groups (broad SMARTS) is 1. The molecule has 0 aromatic carbocycles. The lowest BCUT2D eigenvalue weighted by atomic mass is 9.43. The van der Waals surface area contributed by atoms with Gasteiger partial charge in [0.2, 0.25) is 0 Å². The van der Waals surface area contributed by atoms with Gasteiger partial charge in [0, 0.05) is 6.42 Å². The van der Waals surface area contributed by atoms with E-state index in [0.29, 0.717) is 38.0 Å². The summed E-state index contributed by atoms with van der Waals surface area (Å²) in [7, 11) is -9.30. The van der Waals surface area contributed by atoms with Crippen molar-refractivity contribution in [3.8, 4) is 0 Å². The molecule has 0 amide bonds. The fraction of sp³-hybridized carbons (Fsp3) is 0.958. The molecule has 208 valence electrons. The monoisotopic (exact) mass is 552 g/mol. The van der Waals surface area contributed by atoms with E-state index in [2.05, 4.69) is 20.8 Å². The van der Waals surface area contributed by atoms with Crippen LogP contribution in [-0.2, 0) is 34.0 Å². The molecule has 0 saturated heterocycles. The van der Waals surface area contributed by atoms with Crippen LogP contribution in [0.1, 0.15) is 85.0 Å². The average Bonchev–Trinajstić information content (AvgIpc) is 3.08. The highest BCUT2D eigenvalue weighted by atomic mass is 32.3. The molecule has 0 aromatic rings. The largest absolute Gasteiger partial charge is 0.481 e. The Morgan fingerprint density at radius 3 is 2.14 bits per heavy atom. The Kier molecular flexibility index (Phi) is 7.64. The van der Waals surface area contributed by atoms with E-state index in [1.165, 1.54) is 0 Å². The molecule has 4 rings (SSSR count). The summed E-state index contributed by atoms with van der Waals surface area (Å²) in [5.41, 5.74) is -0.244. The number of carboxylic acids is 1. The van der Waals surface area contributed by atoms with E-state index in [9.17, 15) is 30.7 Å². The molecule has 3 N–H and O–H groups in total. The minimum absolute atomic E-state index is 0.0750. The van der Waals surface area contributed by atoms with E-state index < -0.39 is 39.0 Å². The second kappa shape index (κ2) is 9.75. The molecule has 4 aliphatic rings. The first kappa shape index (κ1) is 28.2. The van der Waals surface area contributed by atoms with Crippen molar-refractivity contribution in [1.82, 2.24) is 0 Å². The lowest BCUT2D eigenvalue weighted by Gasteiger charge is -2.62. The summed E-state index contributed by atoms with van der Waals surface area (Å²) in [6.45, 7) is 6.58. The van der Waals surface area contributed by atoms with Gasteiger partial charge in [-0.3, -0.25) is 13.9 Å². The molecule has 4 fully saturated rings. The Bertz CT molecular complexity index is 1060. The summed E-state index contributed by atoms with van der Waals surface area (Å²) in [6, 6.07) is 0. The van der Waals surface area contributed by atoms with E-state index in [4.69, 9.17) is 13.5 Å². The highest BCUT2D eigenvalue weighted by Crippen LogP contribution is 2.69. The third-order valence-corrected chi connectivity index (χ3v) is 11.7. The molecule has 4 aliphatic carbocycles. The second-order valence-corrected chi connectivity index (χ2v) is 14.4. The molecule has 0 radical (unpaired) electrons. The van der Waals surface area contributed by atoms with Crippen molar-refractivity contribution < 1.29 is 44.2 Å². The van der Waals surface area contributed by atoms with Crippen LogP contribution in [0.25, 0.3) is 0 Å². The Hall–Kier alpha value is -0.790. The molecule has 0 heterocycles. The molecule has 0 bridgehead atoms. The van der Waals surface area contributed by atoms with Crippen molar-refractivity contribution in [2.75, 3.05) is 0 Å². The average molecular weight is 553 g/mol. The van der Waals surface area contributed by atoms with Gasteiger partial charge < -0.3 is 5.11 Å². The molecule has 12 heteroatoms. The molecule has 2 unspecified atom stereocenters. The molecule has 10 atom stereocenters. The van der Waals surface area contributed by atoms with E-state index in [0.717, 1.165) is 25.7 Å². The number of hydrogen-bond donors (Lipinski definition) is 3. The van der Waals surface area contributed by atoms with Gasteiger partial charge in [-0.25, -0.2) is 8.37 Å². The smallest absolute Gasteiger partial charge is 0.397 e. The molecule has 0 aliphatic heterocycles. The maximum Gasteiger partial charge on any atom is 0.397 e. The molecule has 36 heavy (non-hydrogen) atoms. The zero-order chi connectivity index (χ0) is 26.7. The molecular formula is C24H40O10S2. The van der Waals surface area contributed by atoms with E-state index in [-0.39, 0.29) is 46.8 Å². The van der Waals surface area contributed by atoms with Gasteiger partial charge in [0.15, 0.2) is 0 Å². The molecule has 10 nitrogen and oxygen atoms in total. The van der Waals surface area contributed by atoms with Crippen molar-refractivity contribution in [2.45, 2.75) is 97.2 Å². The maximum atomic E-state index is 11.9. The third kappa shape index (κ3) is 5.49. The van der Waals surface area contributed by atoms with Crippen molar-refractivity contribution in [3.63, 3.8) is 0 Å². The number of hydrogen-bond acceptors (Lipinski definition) is 7. The van der Waals surface area contributed by atoms with E-state index in [1.54, 1.807) is 0 Å². The third-order valence-electron chi connectivity index (χ3n) is 10.7. The van der Waals surface area contributed by atoms with Gasteiger partial charge in [0.05, 0.1) is 12.2 Å². The first-order valence-corrected chi connectivity index (χ1v) is 15.8. The minimum Gasteiger partial charge on any atom is -0.481 e. The summed E-state index contributed by atoms with van der Waals surface area (Å²) in [5.74, 6) is -0.0748. The predicted octanol–water partition coefficient (Wildman–Crippen LogP) is 4.13. The van der Waals surface area contributed by atoms with Crippen LogP contribution in [0.15, 0.2) is 0 Å². The quantitative estimate of drug-likeness (QED) is 0.373. The first-order valence-electron chi connectivity index (χ1n) is 13.1. The van der Waals surface area contributed by atoms with E-state index >= 15 is 0 Å². The van der Waals surface area contributed by atoms with Crippen molar-refractivity contribution in [1.29, 1.82) is 0 Å². The van der Waals surface area contributed by atoms with Gasteiger partial charge in [0.25, 0.3) is 0 Å². The minimum atomic E-state index is -4.70. The van der Waals surface area contributed by atoms with E-state index in [1.807, 2.05) is 0 Å². The van der Waals surface area contributed by atoms with Gasteiger partial charge in [-0.2, -0.15) is 16.8 Å². The molecule has 0 spiro atoms. The van der Waals surface area contributed by atoms with Crippen molar-refractivity contribution in [2.24, 2.45) is 46.3 Å². The highest BCUT2D eigenvalue weighted by Gasteiger charge is 2.64. The van der Waals surface area contributed by atoms with Crippen LogP contribution in [-0.4, -0.2) is 49.2 Å². The standard InChI is InChI=1S/C24H40O10S2/c1-14(4-7-21(25)26)17-5-6-18-22-19(9-11-24(17,18)3)23(2)10-8-16(33-35(27,28)29)12-15(23)13-20(22)34-36(30,31)32/h14-20,22H,4-13H2,1-3H3,(H,25,26)(H,27,28,29)(H,30,31,32)/t14-,15+,16-,17-,18+,19+,20?,22?,23+,24-/m1/s1. The number of fused-ring (bicyclic) bond motifs is 5. The van der Waals surface area contributed by atoms with Gasteiger partial charge in [-0.1, -0.05) is 20.8 Å². The van der Waals surface area contributed by atoms with Crippen LogP contribution in [0.5, 0.6) is 0 Å². The maximum absolute atomic E-state index is 11.9. The Morgan fingerprint density at radius 2 is 1.53 bits per heavy atom. The molecular weight excluding hydrogens is 512 g/mol. The van der Waals surface area contributed by atoms with Crippen LogP contribution in [0.2, 0.25) is 0 Å². The lowest BCUT2D eigenvalue weighted by Crippen LogP contribution is -2.59. The van der Waals surface area contributed by atoms with Crippen LogP contribution in [0.3, 0.4) is 0 Å². The number of aliphatic carboxylic acids is 1. The zero-order valence-corrected chi connectivity index (χ0v) is 22.8. The normalized spacial score (nSPS) is 43.8. The van der Waals surface area contributed by atoms with Crippen LogP contribution in [0.4, 0.5) is 0 Å². The van der Waals surface area contributed by atoms with Crippen molar-refractivity contribution in [3.05, 3.63) is 0 Å². The Balaban J connectivity index is 1.63. The topological polar surface area (TPSA) is 164 Å². The van der Waals surface area contributed by atoms with Crippen LogP contribution in [0, 0.1) is 46.3 Å². The van der Waals surface area contributed by atoms with Crippen LogP contribution >= 0.6 is 0 Å². The second-order valence-electron chi connectivity index (χ2n) is 12.3. The Labute approximate surface area is 214 Å². The lowest BCUT2D eigenvalue weighted by molar-refractivity contribution is -0.166. The molecule has 4 saturated carbocycles. The van der Waals surface area contributed by atoms with Gasteiger partial charge >= 0.3 is 26.8 Å². The zero-order valence-electron chi connectivity index (χ0n) is 21.2. The van der Waals surface area contributed by atoms with Gasteiger partial charge in [-0.05, 0) is 104 Å². The van der Waals surface area contributed by atoms with Gasteiger partial charge in [-0.15, -0.1) is 0 Å². The SMILES string of the molecule is C[C@H](CCC(=O)O)[C@H]1CC[C@H]2C3C(OS(=O)(=O)O)C[C@@H]4C[C@H](OS(=O)(=O)O)CC[C@]4(C)[C@H]3CC[C@]12C. The summed E-state index contributed by atoms with van der Waals surface area (Å²) in [6.07, 6.45) is 4.89. The van der Waals surface area contributed by atoms with Crippen molar-refractivity contribution >= 4 is 26.8 Å². The fourth-order valence-electron chi connectivity index (χ4n) is 9.20. The fourth-order valence-corrected chi connectivity index (χ4v) is 10.2. The summed E-state index contributed by atoms with van der Waals surface area (Å²) < 4.78 is 75.5. The summed E-state index contributed by atoms with van der Waals surface area (Å²) in [4.78, 5) is 11.2. The number of carbonyl (C=O) groups is 1. The highest BCUT2D eigenvalue weighted by molar-refractivity contribution is 7.81. The Morgan fingerprint density at radius 1 is 0.917 bits per heavy atom. The molecule has 0 aromatic heterocycles. The first-order chi connectivity index (χ1) is 16.5. The summed E-state index contributed by atoms with van der Waals surface area (Å²) >= 11 is 0. The van der Waals surface area contributed by atoms with Crippen LogP contribution < -0.4 is 0 Å². The number of rotatable bonds is 8. The summed E-state index contributed by atoms with van der Waals surface area (Å²) in [5, 5.41) is 9.17. The predicted molar refractivity (Wildman–Crippen MR) is 129 cm³/mol.